The zero-order valence-corrected chi connectivity index (χ0v) is 46.0. The summed E-state index contributed by atoms with van der Waals surface area (Å²) in [5.74, 6) is -2.70. The quantitative estimate of drug-likeness (QED) is 0.0401. The van der Waals surface area contributed by atoms with Gasteiger partial charge in [-0.1, -0.05) is 74.0 Å². The first-order valence-electron chi connectivity index (χ1n) is 26.0. The Kier molecular flexibility index (Phi) is 18.1. The molecule has 2 aliphatic heterocycles. The number of hydrogen-bond donors (Lipinski definition) is 6. The van der Waals surface area contributed by atoms with Crippen molar-refractivity contribution >= 4 is 63.9 Å². The molecule has 0 saturated carbocycles. The van der Waals surface area contributed by atoms with Crippen LogP contribution in [-0.2, 0) is 45.3 Å². The van der Waals surface area contributed by atoms with Crippen LogP contribution < -0.4 is 26.6 Å². The molecule has 0 aliphatic carbocycles. The molecule has 3 atom stereocenters. The molecule has 9 rings (SSSR count). The highest BCUT2D eigenvalue weighted by atomic mass is 35.5. The monoisotopic (exact) mass is 1130 g/mol. The molecule has 0 spiro atoms. The summed E-state index contributed by atoms with van der Waals surface area (Å²) in [7, 11) is 0. The van der Waals surface area contributed by atoms with Gasteiger partial charge in [0, 0.05) is 78.2 Å². The summed E-state index contributed by atoms with van der Waals surface area (Å²) in [5, 5.41) is 34.3. The Morgan fingerprint density at radius 3 is 2.44 bits per heavy atom. The van der Waals surface area contributed by atoms with Crippen LogP contribution in [0, 0.1) is 24.0 Å². The molecule has 80 heavy (non-hydrogen) atoms. The average Bonchev–Trinajstić information content (AvgIpc) is 4.19. The molecule has 0 unspecified atom stereocenters. The second-order valence-electron chi connectivity index (χ2n) is 20.4. The van der Waals surface area contributed by atoms with Crippen LogP contribution in [0.5, 0.6) is 0 Å². The number of ether oxygens (including phenoxy) is 1. The second kappa shape index (κ2) is 25.5. The lowest BCUT2D eigenvalue weighted by molar-refractivity contribution is -0.144. The van der Waals surface area contributed by atoms with Gasteiger partial charge in [-0.15, -0.1) is 16.4 Å². The van der Waals surface area contributed by atoms with Crippen molar-refractivity contribution in [2.24, 2.45) is 10.4 Å². The lowest BCUT2D eigenvalue weighted by Crippen LogP contribution is -2.57. The molecule has 1 saturated heterocycles. The predicted octanol–water partition coefficient (Wildman–Crippen LogP) is 6.93. The maximum absolute atomic E-state index is 15.0. The lowest BCUT2D eigenvalue weighted by atomic mass is 9.85. The largest absolute Gasteiger partial charge is 0.391 e. The van der Waals surface area contributed by atoms with Crippen LogP contribution in [0.2, 0.25) is 5.02 Å². The lowest BCUT2D eigenvalue weighted by Gasteiger charge is -2.35. The molecule has 0 radical (unpaired) electrons. The van der Waals surface area contributed by atoms with Crippen molar-refractivity contribution in [2.45, 2.75) is 84.9 Å². The fourth-order valence-electron chi connectivity index (χ4n) is 9.30. The highest BCUT2D eigenvalue weighted by Crippen LogP contribution is 2.35. The number of rotatable bonds is 21. The minimum Gasteiger partial charge on any atom is -0.391 e. The highest BCUT2D eigenvalue weighted by Gasteiger charge is 2.44. The van der Waals surface area contributed by atoms with E-state index in [2.05, 4.69) is 51.9 Å². The Balaban J connectivity index is 0.667. The number of thiazole rings is 1. The van der Waals surface area contributed by atoms with Crippen molar-refractivity contribution in [3.8, 4) is 21.7 Å². The van der Waals surface area contributed by atoms with Crippen molar-refractivity contribution in [1.82, 2.24) is 56.1 Å². The zero-order valence-electron chi connectivity index (χ0n) is 44.4. The molecule has 7 aromatic rings. The minimum atomic E-state index is -0.936. The van der Waals surface area contributed by atoms with Gasteiger partial charge < -0.3 is 41.3 Å². The Morgan fingerprint density at radius 1 is 0.925 bits per heavy atom. The zero-order chi connectivity index (χ0) is 56.5. The molecular formula is C57H60ClF2N13O6S. The summed E-state index contributed by atoms with van der Waals surface area (Å²) >= 11 is 7.93. The molecule has 416 valence electrons. The first kappa shape index (κ1) is 56.8. The first-order valence-corrected chi connectivity index (χ1v) is 27.3. The third-order valence-corrected chi connectivity index (χ3v) is 14.7. The number of likely N-dealkylation sites (tertiary alicyclic amines) is 1. The van der Waals surface area contributed by atoms with Gasteiger partial charge in [-0.2, -0.15) is 0 Å². The number of nitrogens with one attached hydrogen (secondary N) is 5. The van der Waals surface area contributed by atoms with E-state index in [0.717, 1.165) is 21.7 Å². The number of aryl methyl sites for hydroxylation is 1. The number of nitrogens with zero attached hydrogens (tertiary/aromatic N) is 8. The van der Waals surface area contributed by atoms with E-state index in [4.69, 9.17) is 21.3 Å². The first-order chi connectivity index (χ1) is 38.5. The van der Waals surface area contributed by atoms with Crippen molar-refractivity contribution in [1.29, 1.82) is 0 Å². The molecule has 4 aromatic carbocycles. The number of fused-ring (bicyclic) bond motifs is 3. The minimum absolute atomic E-state index is 0.0169. The summed E-state index contributed by atoms with van der Waals surface area (Å²) in [6.45, 7) is 9.84. The normalized spacial score (nSPS) is 15.3. The molecule has 2 aliphatic rings. The molecule has 4 amide bonds. The van der Waals surface area contributed by atoms with Crippen LogP contribution in [0.3, 0.4) is 0 Å². The number of aliphatic hydroxyl groups is 1. The number of aromatic nitrogens is 6. The Morgan fingerprint density at radius 2 is 1.70 bits per heavy atom. The van der Waals surface area contributed by atoms with Gasteiger partial charge in [0.25, 0.3) is 5.91 Å². The molecule has 6 N–H and O–H groups in total. The topological polar surface area (TPSA) is 243 Å². The summed E-state index contributed by atoms with van der Waals surface area (Å²) in [6, 6.07) is 21.4. The Bertz CT molecular complexity index is 3390. The standard InChI is InChI=1S/C57H60ClF2N13O6S/c1-33-51(80-32-66-33)35-10-8-34(9-11-35)26-63-54(77)46-25-41(74)31-73(46)55(78)52(57(2,3)4)68-47(75)18-19-61-20-22-79-23-21-72-30-40(70-71-72)29-64-53(76)36-12-15-39(16-13-36)67-56-65-28-37-27-62-50(48-44(59)6-5-7-45(48)60)43-24-38(58)14-17-42(43)49(37)69-56/h5-17,24,28,30,32,41,46,52,61,74H,18-23,25-27,29,31H2,1-4H3,(H,63,77)(H,64,76)(H,68,75)(H,65,67,69)/t41-,46+,52-/m1/s1. The second-order valence-corrected chi connectivity index (χ2v) is 21.7. The van der Waals surface area contributed by atoms with Crippen LogP contribution >= 0.6 is 22.9 Å². The van der Waals surface area contributed by atoms with Crippen LogP contribution in [0.25, 0.3) is 21.7 Å². The van der Waals surface area contributed by atoms with Crippen molar-refractivity contribution in [3.63, 3.8) is 0 Å². The van der Waals surface area contributed by atoms with Gasteiger partial charge in [0.2, 0.25) is 23.7 Å². The number of carbonyl (C=O) groups is 4. The SMILES string of the molecule is Cc1ncsc1-c1ccc(CNC(=O)[C@@H]2C[C@@H](O)CN2C(=O)[C@@H](NC(=O)CCNCCOCCn2cc(CNC(=O)c3ccc(Nc4ncc5c(n4)-c4ccc(Cl)cc4C(c4c(F)cccc4F)=NC5)cc3)nn2)C(C)(C)C)cc1. The van der Waals surface area contributed by atoms with E-state index in [1.54, 1.807) is 76.4 Å². The van der Waals surface area contributed by atoms with E-state index >= 15 is 0 Å². The summed E-state index contributed by atoms with van der Waals surface area (Å²) in [4.78, 5) is 74.3. The fourth-order valence-corrected chi connectivity index (χ4v) is 10.3. The summed E-state index contributed by atoms with van der Waals surface area (Å²) in [6.07, 6.45) is 2.64. The maximum Gasteiger partial charge on any atom is 0.251 e. The van der Waals surface area contributed by atoms with E-state index in [1.807, 2.05) is 52.0 Å². The van der Waals surface area contributed by atoms with Crippen LogP contribution in [0.1, 0.15) is 77.6 Å². The number of benzene rings is 4. The highest BCUT2D eigenvalue weighted by molar-refractivity contribution is 7.13. The van der Waals surface area contributed by atoms with Gasteiger partial charge in [0.05, 0.1) is 78.2 Å². The molecule has 23 heteroatoms. The van der Waals surface area contributed by atoms with Gasteiger partial charge >= 0.3 is 0 Å². The number of amides is 4. The molecule has 1 fully saturated rings. The smallest absolute Gasteiger partial charge is 0.251 e. The van der Waals surface area contributed by atoms with E-state index in [1.165, 1.54) is 23.1 Å². The molecule has 0 bridgehead atoms. The number of aliphatic hydroxyl groups excluding tert-OH is 1. The maximum atomic E-state index is 15.0. The van der Waals surface area contributed by atoms with E-state index < -0.39 is 41.1 Å². The predicted molar refractivity (Wildman–Crippen MR) is 299 cm³/mol. The van der Waals surface area contributed by atoms with Crippen LogP contribution in [0.4, 0.5) is 20.4 Å². The fraction of sp³-hybridized carbons (Fsp3) is 0.333. The molecular weight excluding hydrogens is 1070 g/mol. The van der Waals surface area contributed by atoms with Crippen molar-refractivity contribution in [3.05, 3.63) is 159 Å². The van der Waals surface area contributed by atoms with Gasteiger partial charge in [-0.05, 0) is 72.0 Å². The molecule has 5 heterocycles. The van der Waals surface area contributed by atoms with Gasteiger partial charge in [-0.3, -0.25) is 24.2 Å². The Hall–Kier alpha value is -7.89. The number of halogens is 3. The van der Waals surface area contributed by atoms with Gasteiger partial charge in [0.1, 0.15) is 29.4 Å². The number of β-amino-alcohol motifs (C(OH)–C–C–N with tert-alkyl or cyclic N) is 1. The number of hydrogen-bond acceptors (Lipinski definition) is 15. The van der Waals surface area contributed by atoms with Crippen molar-refractivity contribution < 1.29 is 37.8 Å². The summed E-state index contributed by atoms with van der Waals surface area (Å²) in [5.41, 5.74) is 7.62. The van der Waals surface area contributed by atoms with Crippen LogP contribution in [-0.4, -0.2) is 120 Å². The third kappa shape index (κ3) is 13.9. The van der Waals surface area contributed by atoms with E-state index in [0.29, 0.717) is 77.2 Å². The van der Waals surface area contributed by atoms with Crippen molar-refractivity contribution in [2.75, 3.05) is 38.2 Å². The number of anilines is 2. The van der Waals surface area contributed by atoms with E-state index in [-0.39, 0.29) is 74.0 Å². The number of carbonyl (C=O) groups excluding carboxylic acids is 4. The third-order valence-electron chi connectivity index (χ3n) is 13.5. The average molecular weight is 1130 g/mol. The summed E-state index contributed by atoms with van der Waals surface area (Å²) < 4.78 is 37.3. The number of aliphatic imine (C=N–C) groups is 1. The van der Waals surface area contributed by atoms with E-state index in [9.17, 15) is 33.1 Å². The van der Waals surface area contributed by atoms with Gasteiger partial charge in [-0.25, -0.2) is 28.4 Å². The van der Waals surface area contributed by atoms with Crippen LogP contribution in [0.15, 0.2) is 108 Å². The van der Waals surface area contributed by atoms with Gasteiger partial charge in [0.15, 0.2) is 0 Å². The Labute approximate surface area is 469 Å². The molecule has 3 aromatic heterocycles. The molecule has 19 nitrogen and oxygen atoms in total.